The van der Waals surface area contributed by atoms with E-state index in [1.807, 2.05) is 15.5 Å². The van der Waals surface area contributed by atoms with E-state index in [4.69, 9.17) is 21.7 Å². The van der Waals surface area contributed by atoms with Gasteiger partial charge in [-0.15, -0.1) is 0 Å². The number of amides is 1. The van der Waals surface area contributed by atoms with Crippen LogP contribution in [0.1, 0.15) is 54.2 Å². The maximum atomic E-state index is 14.0. The lowest BCUT2D eigenvalue weighted by Crippen LogP contribution is -2.45. The highest BCUT2D eigenvalue weighted by molar-refractivity contribution is 7.92. The number of fused-ring (bicyclic) bond motifs is 3. The molecule has 212 valence electrons. The Morgan fingerprint density at radius 3 is 2.67 bits per heavy atom. The number of piperidine rings is 1. The molecule has 0 aliphatic carbocycles. The van der Waals surface area contributed by atoms with E-state index in [0.29, 0.717) is 23.7 Å². The van der Waals surface area contributed by atoms with Crippen LogP contribution in [0.2, 0.25) is 5.02 Å². The largest absolute Gasteiger partial charge is 0.356 e. The number of carbonyl (C=O) groups excluding carboxylic acids is 1. The second kappa shape index (κ2) is 9.78. The van der Waals surface area contributed by atoms with Gasteiger partial charge in [-0.1, -0.05) is 11.6 Å². The predicted octanol–water partition coefficient (Wildman–Crippen LogP) is 2.88. The standard InChI is InChI=1S/C27H33ClN8O3S/c1-40(38,39)32-21-7-6-17(28)11-20(21)27(37)34-10-3-2-5-23(34)22-13-25-30-24(33-8-4-9-33)14-26(36(25)31-22)35-16-18-12-19(35)15-29-18/h6-7,11,13-14,18-19,23,29,32H,2-5,8-10,12,15-16H2,1H3. The summed E-state index contributed by atoms with van der Waals surface area (Å²) in [5, 5.41) is 9.03. The molecule has 4 aliphatic rings. The SMILES string of the molecule is CS(=O)(=O)Nc1ccc(Cl)cc1C(=O)N1CCCCC1c1cc2nc(N3CCC3)cc(N3CC4CC3CN4)n2n1. The summed E-state index contributed by atoms with van der Waals surface area (Å²) in [5.41, 5.74) is 2.03. The van der Waals surface area contributed by atoms with Crippen molar-refractivity contribution in [3.05, 3.63) is 46.6 Å². The van der Waals surface area contributed by atoms with E-state index < -0.39 is 10.0 Å². The summed E-state index contributed by atoms with van der Waals surface area (Å²) in [4.78, 5) is 25.5. The summed E-state index contributed by atoms with van der Waals surface area (Å²) in [6, 6.07) is 9.49. The Morgan fingerprint density at radius 2 is 1.98 bits per heavy atom. The minimum Gasteiger partial charge on any atom is -0.356 e. The highest BCUT2D eigenvalue weighted by Gasteiger charge is 2.40. The lowest BCUT2D eigenvalue weighted by atomic mass is 9.98. The summed E-state index contributed by atoms with van der Waals surface area (Å²) in [7, 11) is -3.59. The third-order valence-corrected chi connectivity index (χ3v) is 9.38. The highest BCUT2D eigenvalue weighted by atomic mass is 35.5. The van der Waals surface area contributed by atoms with Crippen LogP contribution in [0.5, 0.6) is 0 Å². The fourth-order valence-electron chi connectivity index (χ4n) is 6.50. The number of halogens is 1. The van der Waals surface area contributed by atoms with Crippen molar-refractivity contribution in [2.75, 3.05) is 53.5 Å². The Hall–Kier alpha value is -3.09. The molecule has 0 saturated carbocycles. The van der Waals surface area contributed by atoms with E-state index >= 15 is 0 Å². The third kappa shape index (κ3) is 4.65. The van der Waals surface area contributed by atoms with Crippen molar-refractivity contribution in [2.45, 2.75) is 50.2 Å². The van der Waals surface area contributed by atoms with Gasteiger partial charge in [0, 0.05) is 62.0 Å². The van der Waals surface area contributed by atoms with Gasteiger partial charge in [-0.25, -0.2) is 13.4 Å². The number of rotatable bonds is 6. The van der Waals surface area contributed by atoms with E-state index in [-0.39, 0.29) is 23.2 Å². The number of anilines is 3. The molecule has 0 spiro atoms. The average Bonchev–Trinajstić information content (AvgIpc) is 3.63. The molecule has 4 fully saturated rings. The van der Waals surface area contributed by atoms with Gasteiger partial charge in [0.25, 0.3) is 5.91 Å². The molecule has 6 heterocycles. The fourth-order valence-corrected chi connectivity index (χ4v) is 7.25. The van der Waals surface area contributed by atoms with Crippen LogP contribution in [-0.2, 0) is 10.0 Å². The number of nitrogens with zero attached hydrogens (tertiary/aromatic N) is 6. The number of piperazine rings is 1. The topological polar surface area (TPSA) is 115 Å². The van der Waals surface area contributed by atoms with Crippen LogP contribution in [0.15, 0.2) is 30.3 Å². The summed E-state index contributed by atoms with van der Waals surface area (Å²) in [6.45, 7) is 4.47. The van der Waals surface area contributed by atoms with E-state index in [9.17, 15) is 13.2 Å². The average molecular weight is 585 g/mol. The van der Waals surface area contributed by atoms with E-state index in [0.717, 1.165) is 81.1 Å². The van der Waals surface area contributed by atoms with E-state index in [1.165, 1.54) is 18.6 Å². The van der Waals surface area contributed by atoms with E-state index in [2.05, 4.69) is 25.9 Å². The Kier molecular flexibility index (Phi) is 6.32. The van der Waals surface area contributed by atoms with Gasteiger partial charge >= 0.3 is 0 Å². The van der Waals surface area contributed by atoms with Crippen molar-refractivity contribution in [3.8, 4) is 0 Å². The van der Waals surface area contributed by atoms with Crippen LogP contribution in [0, 0.1) is 0 Å². The molecule has 11 nitrogen and oxygen atoms in total. The van der Waals surface area contributed by atoms with Crippen LogP contribution < -0.4 is 19.8 Å². The van der Waals surface area contributed by atoms with Gasteiger partial charge in [-0.2, -0.15) is 9.61 Å². The molecule has 13 heteroatoms. The second-order valence-corrected chi connectivity index (χ2v) is 13.6. The quantitative estimate of drug-likeness (QED) is 0.454. The maximum Gasteiger partial charge on any atom is 0.256 e. The first-order valence-electron chi connectivity index (χ1n) is 14.0. The van der Waals surface area contributed by atoms with Gasteiger partial charge in [-0.05, 0) is 50.3 Å². The summed E-state index contributed by atoms with van der Waals surface area (Å²) in [6.07, 6.45) is 5.95. The molecule has 7 rings (SSSR count). The monoisotopic (exact) mass is 584 g/mol. The second-order valence-electron chi connectivity index (χ2n) is 11.4. The van der Waals surface area contributed by atoms with Crippen LogP contribution in [-0.4, -0.2) is 84.9 Å². The lowest BCUT2D eigenvalue weighted by Gasteiger charge is -2.35. The molecule has 3 unspecified atom stereocenters. The first-order chi connectivity index (χ1) is 19.2. The van der Waals surface area contributed by atoms with Gasteiger partial charge in [0.1, 0.15) is 11.6 Å². The Labute approximate surface area is 238 Å². The van der Waals surface area contributed by atoms with Crippen LogP contribution in [0.25, 0.3) is 5.65 Å². The molecular formula is C27H33ClN8O3S. The number of hydrogen-bond acceptors (Lipinski definition) is 8. The van der Waals surface area contributed by atoms with Gasteiger partial charge in [0.05, 0.1) is 29.2 Å². The molecule has 1 aromatic carbocycles. The zero-order valence-electron chi connectivity index (χ0n) is 22.4. The molecule has 40 heavy (non-hydrogen) atoms. The van der Waals surface area contributed by atoms with Crippen LogP contribution >= 0.6 is 11.6 Å². The molecule has 4 aliphatic heterocycles. The minimum absolute atomic E-state index is 0.220. The molecule has 2 aromatic heterocycles. The summed E-state index contributed by atoms with van der Waals surface area (Å²) < 4.78 is 28.4. The Bertz CT molecular complexity index is 1590. The number of aromatic nitrogens is 3. The third-order valence-electron chi connectivity index (χ3n) is 8.56. The number of hydrogen-bond donors (Lipinski definition) is 2. The summed E-state index contributed by atoms with van der Waals surface area (Å²) in [5.74, 6) is 1.76. The van der Waals surface area contributed by atoms with Crippen molar-refractivity contribution >= 4 is 50.5 Å². The van der Waals surface area contributed by atoms with Gasteiger partial charge < -0.3 is 20.0 Å². The van der Waals surface area contributed by atoms with Crippen LogP contribution in [0.3, 0.4) is 0 Å². The summed E-state index contributed by atoms with van der Waals surface area (Å²) >= 11 is 6.26. The number of likely N-dealkylation sites (tertiary alicyclic amines) is 1. The first-order valence-corrected chi connectivity index (χ1v) is 16.2. The van der Waals surface area contributed by atoms with Crippen molar-refractivity contribution in [1.29, 1.82) is 0 Å². The molecule has 3 aromatic rings. The van der Waals surface area contributed by atoms with E-state index in [1.54, 1.807) is 6.07 Å². The number of nitrogens with one attached hydrogen (secondary N) is 2. The molecule has 2 bridgehead atoms. The Morgan fingerprint density at radius 1 is 1.12 bits per heavy atom. The van der Waals surface area contributed by atoms with Gasteiger partial charge in [0.2, 0.25) is 10.0 Å². The molecule has 0 radical (unpaired) electrons. The number of carbonyl (C=O) groups is 1. The molecule has 4 saturated heterocycles. The zero-order valence-corrected chi connectivity index (χ0v) is 24.0. The molecule has 1 amide bonds. The predicted molar refractivity (Wildman–Crippen MR) is 155 cm³/mol. The normalized spacial score (nSPS) is 24.6. The maximum absolute atomic E-state index is 14.0. The number of benzene rings is 1. The van der Waals surface area contributed by atoms with Gasteiger partial charge in [0.15, 0.2) is 5.65 Å². The van der Waals surface area contributed by atoms with Crippen molar-refractivity contribution in [1.82, 2.24) is 24.8 Å². The molecule has 3 atom stereocenters. The van der Waals surface area contributed by atoms with Crippen molar-refractivity contribution in [2.24, 2.45) is 0 Å². The fraction of sp³-hybridized carbons (Fsp3) is 0.519. The van der Waals surface area contributed by atoms with Crippen LogP contribution in [0.4, 0.5) is 17.3 Å². The Balaban J connectivity index is 1.27. The minimum atomic E-state index is -3.59. The molecule has 2 N–H and O–H groups in total. The smallest absolute Gasteiger partial charge is 0.256 e. The van der Waals surface area contributed by atoms with Crippen molar-refractivity contribution in [3.63, 3.8) is 0 Å². The zero-order chi connectivity index (χ0) is 27.6. The lowest BCUT2D eigenvalue weighted by molar-refractivity contribution is 0.0607. The number of sulfonamides is 1. The van der Waals surface area contributed by atoms with Crippen molar-refractivity contribution < 1.29 is 13.2 Å². The van der Waals surface area contributed by atoms with Gasteiger partial charge in [-0.3, -0.25) is 9.52 Å². The highest BCUT2D eigenvalue weighted by Crippen LogP contribution is 2.37. The molecular weight excluding hydrogens is 552 g/mol. The first kappa shape index (κ1) is 25.8.